The Morgan fingerprint density at radius 3 is 2.52 bits per heavy atom. The molecule has 0 fully saturated rings. The minimum Gasteiger partial charge on any atom is -0.491 e. The van der Waals surface area contributed by atoms with E-state index in [1.165, 1.54) is 0 Å². The standard InChI is InChI=1S/C16H26BrNO3/c1-3-12(4-2)16(20)10-18-9-14(19)11-21-15-7-5-6-13(17)8-15/h5-8,12,14,16,18-20H,3-4,9-11H2,1-2H3. The molecule has 0 spiro atoms. The van der Waals surface area contributed by atoms with Gasteiger partial charge in [0.05, 0.1) is 6.10 Å². The van der Waals surface area contributed by atoms with Gasteiger partial charge in [0.1, 0.15) is 18.5 Å². The van der Waals surface area contributed by atoms with Crippen molar-refractivity contribution in [1.29, 1.82) is 0 Å². The summed E-state index contributed by atoms with van der Waals surface area (Å²) in [7, 11) is 0. The Bertz CT molecular complexity index is 399. The summed E-state index contributed by atoms with van der Waals surface area (Å²) in [4.78, 5) is 0. The minimum absolute atomic E-state index is 0.227. The van der Waals surface area contributed by atoms with Crippen LogP contribution in [0.5, 0.6) is 5.75 Å². The highest BCUT2D eigenvalue weighted by Crippen LogP contribution is 2.17. The van der Waals surface area contributed by atoms with Crippen LogP contribution in [0.2, 0.25) is 0 Å². The Kier molecular flexibility index (Phi) is 8.92. The zero-order chi connectivity index (χ0) is 15.7. The van der Waals surface area contributed by atoms with Gasteiger partial charge in [-0.25, -0.2) is 0 Å². The summed E-state index contributed by atoms with van der Waals surface area (Å²) < 4.78 is 6.46. The molecule has 0 heterocycles. The lowest BCUT2D eigenvalue weighted by molar-refractivity contribution is 0.0819. The third-order valence-electron chi connectivity index (χ3n) is 3.56. The summed E-state index contributed by atoms with van der Waals surface area (Å²) in [6.07, 6.45) is 0.970. The molecule has 0 aromatic heterocycles. The molecule has 1 aromatic carbocycles. The van der Waals surface area contributed by atoms with Crippen molar-refractivity contribution < 1.29 is 14.9 Å². The molecule has 5 heteroatoms. The predicted octanol–water partition coefficient (Wildman–Crippen LogP) is 2.58. The van der Waals surface area contributed by atoms with Crippen molar-refractivity contribution in [2.24, 2.45) is 5.92 Å². The third kappa shape index (κ3) is 7.27. The van der Waals surface area contributed by atoms with Gasteiger partial charge < -0.3 is 20.3 Å². The van der Waals surface area contributed by atoms with Gasteiger partial charge in [0.15, 0.2) is 0 Å². The Balaban J connectivity index is 2.21. The van der Waals surface area contributed by atoms with Crippen molar-refractivity contribution in [1.82, 2.24) is 5.32 Å². The summed E-state index contributed by atoms with van der Waals surface area (Å²) in [5.41, 5.74) is 0. The van der Waals surface area contributed by atoms with E-state index in [2.05, 4.69) is 35.1 Å². The van der Waals surface area contributed by atoms with Crippen LogP contribution >= 0.6 is 15.9 Å². The number of halogens is 1. The second kappa shape index (κ2) is 10.2. The first-order chi connectivity index (χ1) is 10.1. The normalized spacial score (nSPS) is 14.2. The van der Waals surface area contributed by atoms with Gasteiger partial charge in [-0.3, -0.25) is 0 Å². The first kappa shape index (κ1) is 18.4. The molecule has 2 unspecified atom stereocenters. The summed E-state index contributed by atoms with van der Waals surface area (Å²) in [6.45, 7) is 5.30. The van der Waals surface area contributed by atoms with Crippen molar-refractivity contribution in [2.45, 2.75) is 38.9 Å². The van der Waals surface area contributed by atoms with E-state index in [0.717, 1.165) is 23.1 Å². The van der Waals surface area contributed by atoms with Crippen LogP contribution in [0.4, 0.5) is 0 Å². The molecule has 0 aliphatic carbocycles. The molecule has 0 aliphatic rings. The Morgan fingerprint density at radius 2 is 1.90 bits per heavy atom. The van der Waals surface area contributed by atoms with Crippen LogP contribution in [0, 0.1) is 5.92 Å². The van der Waals surface area contributed by atoms with E-state index in [0.29, 0.717) is 19.0 Å². The highest BCUT2D eigenvalue weighted by Gasteiger charge is 2.15. The zero-order valence-corrected chi connectivity index (χ0v) is 14.3. The monoisotopic (exact) mass is 359 g/mol. The first-order valence-corrected chi connectivity index (χ1v) is 8.31. The number of hydrogen-bond donors (Lipinski definition) is 3. The maximum Gasteiger partial charge on any atom is 0.120 e. The number of ether oxygens (including phenoxy) is 1. The van der Waals surface area contributed by atoms with Crippen LogP contribution in [0.3, 0.4) is 0 Å². The fourth-order valence-corrected chi connectivity index (χ4v) is 2.58. The molecular formula is C16H26BrNO3. The van der Waals surface area contributed by atoms with Crippen LogP contribution < -0.4 is 10.1 Å². The molecule has 3 N–H and O–H groups in total. The lowest BCUT2D eigenvalue weighted by Gasteiger charge is -2.21. The Morgan fingerprint density at radius 1 is 1.19 bits per heavy atom. The van der Waals surface area contributed by atoms with E-state index in [-0.39, 0.29) is 12.7 Å². The van der Waals surface area contributed by atoms with Crippen molar-refractivity contribution in [3.8, 4) is 5.75 Å². The summed E-state index contributed by atoms with van der Waals surface area (Å²) in [5, 5.41) is 22.9. The second-order valence-corrected chi connectivity index (χ2v) is 6.14. The number of aliphatic hydroxyl groups excluding tert-OH is 2. The number of benzene rings is 1. The molecule has 0 radical (unpaired) electrons. The summed E-state index contributed by atoms with van der Waals surface area (Å²) >= 11 is 3.37. The maximum absolute atomic E-state index is 9.98. The van der Waals surface area contributed by atoms with E-state index in [4.69, 9.17) is 4.74 Å². The van der Waals surface area contributed by atoms with Gasteiger partial charge in [0, 0.05) is 17.6 Å². The zero-order valence-electron chi connectivity index (χ0n) is 12.8. The van der Waals surface area contributed by atoms with Crippen LogP contribution in [-0.4, -0.2) is 42.1 Å². The van der Waals surface area contributed by atoms with Crippen LogP contribution in [0.25, 0.3) is 0 Å². The average Bonchev–Trinajstić information content (AvgIpc) is 2.46. The van der Waals surface area contributed by atoms with Crippen LogP contribution in [0.1, 0.15) is 26.7 Å². The molecule has 4 nitrogen and oxygen atoms in total. The molecule has 21 heavy (non-hydrogen) atoms. The Hall–Kier alpha value is -0.620. The topological polar surface area (TPSA) is 61.7 Å². The first-order valence-electron chi connectivity index (χ1n) is 7.52. The maximum atomic E-state index is 9.98. The van der Waals surface area contributed by atoms with E-state index >= 15 is 0 Å². The van der Waals surface area contributed by atoms with E-state index in [9.17, 15) is 10.2 Å². The van der Waals surface area contributed by atoms with Gasteiger partial charge in [-0.15, -0.1) is 0 Å². The highest BCUT2D eigenvalue weighted by molar-refractivity contribution is 9.10. The predicted molar refractivity (Wildman–Crippen MR) is 88.6 cm³/mol. The molecular weight excluding hydrogens is 334 g/mol. The smallest absolute Gasteiger partial charge is 0.120 e. The molecule has 0 saturated heterocycles. The molecule has 0 amide bonds. The summed E-state index contributed by atoms with van der Waals surface area (Å²) in [5.74, 6) is 1.04. The van der Waals surface area contributed by atoms with Crippen molar-refractivity contribution in [3.05, 3.63) is 28.7 Å². The molecule has 2 atom stereocenters. The molecule has 0 aliphatic heterocycles. The average molecular weight is 360 g/mol. The van der Waals surface area contributed by atoms with E-state index < -0.39 is 6.10 Å². The van der Waals surface area contributed by atoms with Crippen molar-refractivity contribution in [2.75, 3.05) is 19.7 Å². The lowest BCUT2D eigenvalue weighted by Crippen LogP contribution is -2.38. The SMILES string of the molecule is CCC(CC)C(O)CNCC(O)COc1cccc(Br)c1. The van der Waals surface area contributed by atoms with Crippen LogP contribution in [0.15, 0.2) is 28.7 Å². The largest absolute Gasteiger partial charge is 0.491 e. The van der Waals surface area contributed by atoms with Crippen LogP contribution in [-0.2, 0) is 0 Å². The number of aliphatic hydroxyl groups is 2. The minimum atomic E-state index is -0.599. The Labute approximate surface area is 135 Å². The van der Waals surface area contributed by atoms with Gasteiger partial charge in [-0.1, -0.05) is 48.7 Å². The fraction of sp³-hybridized carbons (Fsp3) is 0.625. The summed E-state index contributed by atoms with van der Waals surface area (Å²) in [6, 6.07) is 7.51. The number of rotatable bonds is 10. The molecule has 1 aromatic rings. The van der Waals surface area contributed by atoms with E-state index in [1.54, 1.807) is 0 Å². The van der Waals surface area contributed by atoms with E-state index in [1.807, 2.05) is 24.3 Å². The molecule has 0 bridgehead atoms. The van der Waals surface area contributed by atoms with Gasteiger partial charge in [0.25, 0.3) is 0 Å². The number of nitrogens with one attached hydrogen (secondary N) is 1. The fourth-order valence-electron chi connectivity index (χ4n) is 2.21. The quantitative estimate of drug-likeness (QED) is 0.600. The van der Waals surface area contributed by atoms with Crippen molar-refractivity contribution in [3.63, 3.8) is 0 Å². The highest BCUT2D eigenvalue weighted by atomic mass is 79.9. The lowest BCUT2D eigenvalue weighted by atomic mass is 9.96. The van der Waals surface area contributed by atoms with Gasteiger partial charge in [-0.2, -0.15) is 0 Å². The second-order valence-electron chi connectivity index (χ2n) is 5.22. The molecule has 1 rings (SSSR count). The number of hydrogen-bond acceptors (Lipinski definition) is 4. The molecule has 0 saturated carbocycles. The third-order valence-corrected chi connectivity index (χ3v) is 4.06. The van der Waals surface area contributed by atoms with Gasteiger partial charge >= 0.3 is 0 Å². The van der Waals surface area contributed by atoms with Gasteiger partial charge in [0.2, 0.25) is 0 Å². The molecule has 120 valence electrons. The van der Waals surface area contributed by atoms with Gasteiger partial charge in [-0.05, 0) is 24.1 Å². The van der Waals surface area contributed by atoms with Crippen molar-refractivity contribution >= 4 is 15.9 Å².